The minimum atomic E-state index is -0.519. The molecule has 1 aliphatic rings. The van der Waals surface area contributed by atoms with Crippen LogP contribution < -0.4 is 0 Å². The molecule has 8 heteroatoms. The minimum Gasteiger partial charge on any atom is -0.0778 e. The second kappa shape index (κ2) is 6.96. The highest BCUT2D eigenvalue weighted by molar-refractivity contribution is 9.27. The van der Waals surface area contributed by atoms with Crippen LogP contribution in [0.4, 0.5) is 0 Å². The van der Waals surface area contributed by atoms with Crippen LogP contribution in [0.15, 0.2) is 48.2 Å². The zero-order valence-corrected chi connectivity index (χ0v) is 24.6. The van der Waals surface area contributed by atoms with E-state index in [0.29, 0.717) is 0 Å². The smallest absolute Gasteiger partial charge is 0.0778 e. The first-order chi connectivity index (χ1) is 11.0. The molecule has 0 fully saturated rings. The van der Waals surface area contributed by atoms with Crippen LogP contribution in [0.2, 0.25) is 0 Å². The Morgan fingerprint density at radius 3 is 1.62 bits per heavy atom. The van der Waals surface area contributed by atoms with Crippen molar-refractivity contribution in [2.75, 3.05) is 0 Å². The lowest BCUT2D eigenvalue weighted by molar-refractivity contribution is 0.616. The Labute approximate surface area is 208 Å². The normalized spacial score (nSPS) is 28.0. The van der Waals surface area contributed by atoms with E-state index in [9.17, 15) is 0 Å². The van der Waals surface area contributed by atoms with Crippen LogP contribution in [0.25, 0.3) is 0 Å². The van der Waals surface area contributed by atoms with Crippen molar-refractivity contribution in [1.29, 1.82) is 0 Å². The number of hydrogen-bond acceptors (Lipinski definition) is 0. The lowest BCUT2D eigenvalue weighted by atomic mass is 9.92. The van der Waals surface area contributed by atoms with Gasteiger partial charge >= 0.3 is 0 Å². The molecule has 3 rings (SSSR count). The summed E-state index contributed by atoms with van der Waals surface area (Å²) in [6.45, 7) is 2.15. The van der Waals surface area contributed by atoms with Crippen LogP contribution in [0.3, 0.4) is 0 Å². The van der Waals surface area contributed by atoms with E-state index in [-0.39, 0.29) is 0 Å². The number of halogens is 8. The summed E-state index contributed by atoms with van der Waals surface area (Å²) in [5.74, 6) is 0. The first-order valence-electron chi connectivity index (χ1n) is 6.67. The van der Waals surface area contributed by atoms with Crippen molar-refractivity contribution in [3.05, 3.63) is 64.9 Å². The van der Waals surface area contributed by atoms with E-state index in [1.165, 1.54) is 0 Å². The summed E-state index contributed by atoms with van der Waals surface area (Å²) in [4.78, 5) is 0. The van der Waals surface area contributed by atoms with Gasteiger partial charge in [-0.3, -0.25) is 0 Å². The van der Waals surface area contributed by atoms with E-state index in [0.717, 1.165) is 34.6 Å². The van der Waals surface area contributed by atoms with Gasteiger partial charge in [-0.15, -0.1) is 0 Å². The molecular formula is C16H8Br8. The topological polar surface area (TPSA) is 0 Å². The predicted octanol–water partition coefficient (Wildman–Crippen LogP) is 9.48. The Balaban J connectivity index is 2.53. The maximum Gasteiger partial charge on any atom is 0.123 e. The lowest BCUT2D eigenvalue weighted by Crippen LogP contribution is -2.42. The zero-order chi connectivity index (χ0) is 18.1. The molecule has 0 saturated heterocycles. The molecular weight excluding hydrogens is 831 g/mol. The van der Waals surface area contributed by atoms with Crippen molar-refractivity contribution < 1.29 is 0 Å². The molecule has 0 aromatic heterocycles. The van der Waals surface area contributed by atoms with Crippen LogP contribution in [0.1, 0.15) is 23.6 Å². The molecule has 0 bridgehead atoms. The maximum absolute atomic E-state index is 4.08. The third-order valence-corrected chi connectivity index (χ3v) is 16.4. The Bertz CT molecular complexity index is 828. The van der Waals surface area contributed by atoms with Gasteiger partial charge in [-0.1, -0.05) is 94.1 Å². The van der Waals surface area contributed by atoms with Crippen LogP contribution >= 0.6 is 127 Å². The quantitative estimate of drug-likeness (QED) is 0.153. The van der Waals surface area contributed by atoms with Crippen LogP contribution in [0.5, 0.6) is 0 Å². The molecule has 0 spiro atoms. The number of fused-ring (bicyclic) bond motifs is 1. The third kappa shape index (κ3) is 2.66. The van der Waals surface area contributed by atoms with Gasteiger partial charge in [0, 0.05) is 17.9 Å². The van der Waals surface area contributed by atoms with Crippen LogP contribution in [-0.2, 0) is 8.65 Å². The Kier molecular flexibility index (Phi) is 6.09. The van der Waals surface area contributed by atoms with Gasteiger partial charge in [-0.25, -0.2) is 0 Å². The fourth-order valence-electron chi connectivity index (χ4n) is 3.03. The fourth-order valence-corrected chi connectivity index (χ4v) is 9.64. The molecule has 2 unspecified atom stereocenters. The second-order valence-electron chi connectivity index (χ2n) is 5.61. The van der Waals surface area contributed by atoms with Crippen molar-refractivity contribution in [3.8, 4) is 0 Å². The van der Waals surface area contributed by atoms with Crippen molar-refractivity contribution in [1.82, 2.24) is 0 Å². The van der Waals surface area contributed by atoms with E-state index >= 15 is 0 Å². The molecule has 0 aliphatic heterocycles. The molecule has 2 atom stereocenters. The van der Waals surface area contributed by atoms with Gasteiger partial charge in [0.2, 0.25) is 0 Å². The SMILES string of the molecule is CC1(Br)c2c(Br)c(Br)c(Br)c(Br)c2C(Br)(c2ccccc2)C1(Br)Br. The first-order valence-corrected chi connectivity index (χ1v) is 13.0. The molecule has 1 aliphatic carbocycles. The average molecular weight is 839 g/mol. The highest BCUT2D eigenvalue weighted by atomic mass is 79.9. The fraction of sp³-hybridized carbons (Fsp3) is 0.250. The Hall–Kier alpha value is 2.28. The predicted molar refractivity (Wildman–Crippen MR) is 130 cm³/mol. The van der Waals surface area contributed by atoms with Gasteiger partial charge < -0.3 is 0 Å². The summed E-state index contributed by atoms with van der Waals surface area (Å²) >= 11 is 30.9. The Morgan fingerprint density at radius 2 is 1.12 bits per heavy atom. The van der Waals surface area contributed by atoms with Gasteiger partial charge in [0.15, 0.2) is 0 Å². The summed E-state index contributed by atoms with van der Waals surface area (Å²) < 4.78 is 2.51. The van der Waals surface area contributed by atoms with E-state index in [1.807, 2.05) is 6.07 Å². The lowest BCUT2D eigenvalue weighted by Gasteiger charge is -2.40. The summed E-state index contributed by atoms with van der Waals surface area (Å²) in [6, 6.07) is 10.4. The van der Waals surface area contributed by atoms with Crippen molar-refractivity contribution in [2.45, 2.75) is 18.8 Å². The van der Waals surface area contributed by atoms with E-state index in [4.69, 9.17) is 0 Å². The monoisotopic (exact) mass is 831 g/mol. The summed E-state index contributed by atoms with van der Waals surface area (Å²) in [5.41, 5.74) is 3.44. The maximum atomic E-state index is 4.08. The van der Waals surface area contributed by atoms with E-state index in [1.54, 1.807) is 0 Å². The molecule has 0 radical (unpaired) electrons. The standard InChI is InChI=1S/C16H8Br8/c1-14(21)8-9(11(18)13(20)12(19)10(8)17)15(22,16(14,23)24)7-5-3-2-4-6-7/h2-6H,1H3. The average Bonchev–Trinajstić information content (AvgIpc) is 2.67. The van der Waals surface area contributed by atoms with Gasteiger partial charge in [-0.2, -0.15) is 0 Å². The van der Waals surface area contributed by atoms with Gasteiger partial charge in [0.1, 0.15) is 7.56 Å². The van der Waals surface area contributed by atoms with Gasteiger partial charge in [0.05, 0.1) is 4.32 Å². The largest absolute Gasteiger partial charge is 0.123 e. The highest BCUT2D eigenvalue weighted by Crippen LogP contribution is 2.74. The van der Waals surface area contributed by atoms with Gasteiger partial charge in [0.25, 0.3) is 0 Å². The molecule has 24 heavy (non-hydrogen) atoms. The Morgan fingerprint density at radius 1 is 0.667 bits per heavy atom. The molecule has 128 valence electrons. The molecule has 0 N–H and O–H groups in total. The van der Waals surface area contributed by atoms with Crippen LogP contribution in [0, 0.1) is 0 Å². The number of benzene rings is 2. The van der Waals surface area contributed by atoms with Crippen molar-refractivity contribution >= 4 is 127 Å². The second-order valence-corrected chi connectivity index (χ2v) is 15.0. The van der Waals surface area contributed by atoms with E-state index in [2.05, 4.69) is 159 Å². The third-order valence-electron chi connectivity index (χ3n) is 4.27. The summed E-state index contributed by atoms with van der Waals surface area (Å²) in [7, 11) is 0. The molecule has 0 nitrogen and oxygen atoms in total. The summed E-state index contributed by atoms with van der Waals surface area (Å²) in [5, 5.41) is 0. The molecule has 0 saturated carbocycles. The summed E-state index contributed by atoms with van der Waals surface area (Å²) in [6.07, 6.45) is 0. The zero-order valence-electron chi connectivity index (χ0n) is 11.9. The minimum absolute atomic E-state index is 0.404. The van der Waals surface area contributed by atoms with Crippen LogP contribution in [-0.4, -0.2) is 3.23 Å². The van der Waals surface area contributed by atoms with Gasteiger partial charge in [-0.05, 0) is 87.3 Å². The van der Waals surface area contributed by atoms with Crippen molar-refractivity contribution in [2.24, 2.45) is 0 Å². The van der Waals surface area contributed by atoms with Crippen molar-refractivity contribution in [3.63, 3.8) is 0 Å². The first kappa shape index (κ1) is 21.0. The molecule has 2 aromatic carbocycles. The van der Waals surface area contributed by atoms with E-state index < -0.39 is 11.9 Å². The number of hydrogen-bond donors (Lipinski definition) is 0. The molecule has 2 aromatic rings. The molecule has 0 amide bonds. The number of rotatable bonds is 1. The molecule has 0 heterocycles. The highest BCUT2D eigenvalue weighted by Gasteiger charge is 2.67. The number of alkyl halides is 4.